The minimum Gasteiger partial charge on any atom is -0.386 e. The molecular weight excluding hydrogens is 465 g/mol. The molecule has 0 radical (unpaired) electrons. The molecule has 1 atom stereocenters. The average Bonchev–Trinajstić information content (AvgIpc) is 2.42. The predicted octanol–water partition coefficient (Wildman–Crippen LogP) is 4.53. The van der Waals surface area contributed by atoms with E-state index in [1.165, 1.54) is 21.1 Å². The lowest BCUT2D eigenvalue weighted by Crippen LogP contribution is -2.70. The molecule has 16 heteroatoms. The molecule has 176 valence electrons. The van der Waals surface area contributed by atoms with Crippen LogP contribution < -0.4 is 0 Å². The molecule has 0 fully saturated rings. The average molecular weight is 482 g/mol. The molecule has 0 aromatic carbocycles. The summed E-state index contributed by atoms with van der Waals surface area (Å²) in [5.41, 5.74) is 0. The van der Waals surface area contributed by atoms with Gasteiger partial charge in [-0.3, -0.25) is 0 Å². The molecule has 0 saturated heterocycles. The van der Waals surface area contributed by atoms with Crippen molar-refractivity contribution < 1.29 is 66.7 Å². The van der Waals surface area contributed by atoms with Crippen molar-refractivity contribution in [2.24, 2.45) is 0 Å². The van der Waals surface area contributed by atoms with Crippen LogP contribution in [0.3, 0.4) is 0 Å². The molecule has 0 aliphatic carbocycles. The van der Waals surface area contributed by atoms with Gasteiger partial charge < -0.3 is 9.59 Å². The number of thioether (sulfide) groups is 1. The second-order valence-electron chi connectivity index (χ2n) is 7.14. The molecule has 1 N–H and O–H groups in total. The molecule has 0 aliphatic heterocycles. The summed E-state index contributed by atoms with van der Waals surface area (Å²) in [5, 5.41) is 9.51. The normalized spacial score (nSPS) is 16.9. The Morgan fingerprint density at radius 2 is 1.07 bits per heavy atom. The third-order valence-electron chi connectivity index (χ3n) is 3.35. The van der Waals surface area contributed by atoms with E-state index in [1.54, 1.807) is 0 Å². The van der Waals surface area contributed by atoms with Gasteiger partial charge in [-0.05, 0) is 0 Å². The molecule has 1 unspecified atom stereocenters. The van der Waals surface area contributed by atoms with Crippen molar-refractivity contribution in [3.05, 3.63) is 0 Å². The third kappa shape index (κ3) is 5.54. The number of rotatable bonds is 10. The second kappa shape index (κ2) is 8.13. The van der Waals surface area contributed by atoms with Gasteiger partial charge in [-0.15, -0.1) is 0 Å². The molecule has 0 aliphatic rings. The lowest BCUT2D eigenvalue weighted by molar-refractivity contribution is -0.873. The van der Waals surface area contributed by atoms with Crippen LogP contribution in [0.5, 0.6) is 0 Å². The first-order valence-corrected chi connectivity index (χ1v) is 8.52. The van der Waals surface area contributed by atoms with Crippen LogP contribution in [-0.2, 0) is 0 Å². The van der Waals surface area contributed by atoms with Crippen molar-refractivity contribution in [2.45, 2.75) is 41.9 Å². The van der Waals surface area contributed by atoms with Crippen LogP contribution in [0.25, 0.3) is 0 Å². The first kappa shape index (κ1) is 28.4. The van der Waals surface area contributed by atoms with Crippen molar-refractivity contribution in [1.29, 1.82) is 0 Å². The Morgan fingerprint density at radius 3 is 1.41 bits per heavy atom. The van der Waals surface area contributed by atoms with Gasteiger partial charge in [-0.2, -0.15) is 68.8 Å². The monoisotopic (exact) mass is 482 g/mol. The first-order valence-electron chi connectivity index (χ1n) is 7.37. The maximum Gasteiger partial charge on any atom is 0.460 e. The Balaban J connectivity index is 5.60. The summed E-state index contributed by atoms with van der Waals surface area (Å²) < 4.78 is 168. The molecule has 0 aromatic heterocycles. The lowest BCUT2D eigenvalue weighted by Gasteiger charge is -2.39. The molecular formula is C13H17F13NOS+. The molecule has 29 heavy (non-hydrogen) atoms. The number of quaternary nitrogens is 1. The van der Waals surface area contributed by atoms with Crippen molar-refractivity contribution in [2.75, 3.05) is 39.2 Å². The number of hydrogen-bond donors (Lipinski definition) is 1. The SMILES string of the molecule is C[N+](C)(C)CC(O)CSCC(F)(F)C(F)(F)C(F)(F)C(F)(F)C(F)(F)C(F)(F)F. The van der Waals surface area contributed by atoms with Gasteiger partial charge >= 0.3 is 35.8 Å². The highest BCUT2D eigenvalue weighted by Gasteiger charge is 2.90. The number of halogens is 13. The van der Waals surface area contributed by atoms with E-state index in [-0.39, 0.29) is 22.8 Å². The quantitative estimate of drug-likeness (QED) is 0.365. The minimum absolute atomic E-state index is 0.0606. The van der Waals surface area contributed by atoms with E-state index < -0.39 is 53.4 Å². The number of alkyl halides is 13. The van der Waals surface area contributed by atoms with Crippen molar-refractivity contribution in [1.82, 2.24) is 0 Å². The zero-order valence-corrected chi connectivity index (χ0v) is 15.7. The number of likely N-dealkylation sites (N-methyl/N-ethyl adjacent to an activating group) is 1. The molecule has 0 spiro atoms. The Kier molecular flexibility index (Phi) is 7.95. The topological polar surface area (TPSA) is 20.2 Å². The van der Waals surface area contributed by atoms with Crippen LogP contribution in [0.15, 0.2) is 0 Å². The highest BCUT2D eigenvalue weighted by molar-refractivity contribution is 7.99. The van der Waals surface area contributed by atoms with Gasteiger partial charge in [0.2, 0.25) is 0 Å². The van der Waals surface area contributed by atoms with E-state index in [1.807, 2.05) is 0 Å². The Hall–Kier alpha value is -0.640. The fourth-order valence-electron chi connectivity index (χ4n) is 1.90. The molecule has 0 rings (SSSR count). The van der Waals surface area contributed by atoms with Crippen molar-refractivity contribution in [3.8, 4) is 0 Å². The van der Waals surface area contributed by atoms with E-state index in [2.05, 4.69) is 0 Å². The fraction of sp³-hybridized carbons (Fsp3) is 1.00. The van der Waals surface area contributed by atoms with Crippen LogP contribution in [-0.4, -0.2) is 90.7 Å². The van der Waals surface area contributed by atoms with Gasteiger partial charge in [0.05, 0.1) is 26.9 Å². The summed E-state index contributed by atoms with van der Waals surface area (Å²) in [6, 6.07) is 0. The summed E-state index contributed by atoms with van der Waals surface area (Å²) in [4.78, 5) is 0. The zero-order valence-electron chi connectivity index (χ0n) is 14.9. The number of nitrogens with zero attached hydrogens (tertiary/aromatic N) is 1. The maximum absolute atomic E-state index is 13.5. The highest BCUT2D eigenvalue weighted by atomic mass is 32.2. The Labute approximate surface area is 160 Å². The molecule has 0 amide bonds. The molecule has 0 aromatic rings. The third-order valence-corrected chi connectivity index (χ3v) is 4.54. The standard InChI is InChI=1S/C13H17F13NOS/c1-27(2,3)4-7(28)5-29-6-8(14,15)9(16,17)10(18,19)11(20,21)12(22,23)13(24,25)26/h7,28H,4-6H2,1-3H3/q+1. The summed E-state index contributed by atoms with van der Waals surface area (Å²) in [6.07, 6.45) is -8.85. The summed E-state index contributed by atoms with van der Waals surface area (Å²) in [5.74, 6) is -39.9. The zero-order chi connectivity index (χ0) is 23.9. The Bertz CT molecular complexity index is 556. The van der Waals surface area contributed by atoms with E-state index >= 15 is 0 Å². The molecule has 0 heterocycles. The second-order valence-corrected chi connectivity index (χ2v) is 8.17. The predicted molar refractivity (Wildman–Crippen MR) is 77.0 cm³/mol. The van der Waals surface area contributed by atoms with Gasteiger partial charge in [-0.1, -0.05) is 0 Å². The van der Waals surface area contributed by atoms with Gasteiger partial charge in [0.15, 0.2) is 0 Å². The summed E-state index contributed by atoms with van der Waals surface area (Å²) >= 11 is -0.302. The van der Waals surface area contributed by atoms with Gasteiger partial charge in [0, 0.05) is 5.75 Å². The smallest absolute Gasteiger partial charge is 0.386 e. The van der Waals surface area contributed by atoms with Gasteiger partial charge in [-0.25, -0.2) is 0 Å². The molecule has 0 bridgehead atoms. The van der Waals surface area contributed by atoms with Crippen molar-refractivity contribution >= 4 is 11.8 Å². The van der Waals surface area contributed by atoms with Crippen LogP contribution in [0.4, 0.5) is 57.1 Å². The van der Waals surface area contributed by atoms with Crippen LogP contribution >= 0.6 is 11.8 Å². The van der Waals surface area contributed by atoms with E-state index in [0.29, 0.717) is 0 Å². The number of hydrogen-bond acceptors (Lipinski definition) is 2. The minimum atomic E-state index is -7.89. The van der Waals surface area contributed by atoms with E-state index in [4.69, 9.17) is 0 Å². The molecule has 2 nitrogen and oxygen atoms in total. The lowest BCUT2D eigenvalue weighted by atomic mass is 9.94. The van der Waals surface area contributed by atoms with Gasteiger partial charge in [0.1, 0.15) is 12.6 Å². The number of aliphatic hydroxyl groups is 1. The summed E-state index contributed by atoms with van der Waals surface area (Å²) in [7, 11) is 4.58. The van der Waals surface area contributed by atoms with Crippen LogP contribution in [0.2, 0.25) is 0 Å². The van der Waals surface area contributed by atoms with Gasteiger partial charge in [0.25, 0.3) is 0 Å². The van der Waals surface area contributed by atoms with E-state index in [9.17, 15) is 62.2 Å². The van der Waals surface area contributed by atoms with Crippen molar-refractivity contribution in [3.63, 3.8) is 0 Å². The fourth-order valence-corrected chi connectivity index (χ4v) is 2.83. The Morgan fingerprint density at radius 1 is 0.690 bits per heavy atom. The van der Waals surface area contributed by atoms with E-state index in [0.717, 1.165) is 0 Å². The number of aliphatic hydroxyl groups excluding tert-OH is 1. The largest absolute Gasteiger partial charge is 0.460 e. The first-order chi connectivity index (χ1) is 12.4. The van der Waals surface area contributed by atoms with Crippen LogP contribution in [0, 0.1) is 0 Å². The maximum atomic E-state index is 13.5. The van der Waals surface area contributed by atoms with Crippen LogP contribution in [0.1, 0.15) is 0 Å². The highest BCUT2D eigenvalue weighted by Crippen LogP contribution is 2.60. The molecule has 0 saturated carbocycles. The summed E-state index contributed by atoms with van der Waals surface area (Å²) in [6.45, 7) is -0.124.